The number of fused-ring (bicyclic) bond motifs is 6. The van der Waals surface area contributed by atoms with E-state index in [1.807, 2.05) is 29.5 Å². The smallest absolute Gasteiger partial charge is 0.164 e. The third-order valence-corrected chi connectivity index (χ3v) is 11.7. The molecule has 0 fully saturated rings. The van der Waals surface area contributed by atoms with Crippen molar-refractivity contribution < 1.29 is 0 Å². The first kappa shape index (κ1) is 30.6. The Morgan fingerprint density at radius 1 is 0.365 bits per heavy atom. The first-order chi connectivity index (χ1) is 25.5. The van der Waals surface area contributed by atoms with Gasteiger partial charge in [0.25, 0.3) is 0 Å². The van der Waals surface area contributed by atoms with Crippen LogP contribution < -0.4 is 0 Å². The normalized spacial score (nSPS) is 13.0. The zero-order valence-electron chi connectivity index (χ0n) is 28.8. The summed E-state index contributed by atoms with van der Waals surface area (Å²) in [5.74, 6) is 1.99. The number of nitrogens with zero attached hydrogens (tertiary/aromatic N) is 3. The molecule has 7 aromatic carbocycles. The second kappa shape index (κ2) is 11.9. The van der Waals surface area contributed by atoms with Gasteiger partial charge in [-0.15, -0.1) is 11.3 Å². The Balaban J connectivity index is 0.985. The van der Waals surface area contributed by atoms with Crippen LogP contribution in [0.3, 0.4) is 0 Å². The predicted molar refractivity (Wildman–Crippen MR) is 217 cm³/mol. The van der Waals surface area contributed by atoms with E-state index < -0.39 is 0 Å². The molecule has 3 nitrogen and oxygen atoms in total. The van der Waals surface area contributed by atoms with E-state index in [1.54, 1.807) is 0 Å². The van der Waals surface area contributed by atoms with Crippen LogP contribution in [0.15, 0.2) is 164 Å². The maximum absolute atomic E-state index is 5.08. The third kappa shape index (κ3) is 5.06. The Morgan fingerprint density at radius 3 is 1.60 bits per heavy atom. The van der Waals surface area contributed by atoms with Gasteiger partial charge >= 0.3 is 0 Å². The molecule has 4 heteroatoms. The van der Waals surface area contributed by atoms with Crippen molar-refractivity contribution in [1.82, 2.24) is 15.0 Å². The molecule has 1 aliphatic carbocycles. The van der Waals surface area contributed by atoms with Gasteiger partial charge < -0.3 is 0 Å². The van der Waals surface area contributed by atoms with E-state index in [1.165, 1.54) is 59.1 Å². The standard InChI is InChI=1S/C48H33N3S/c1-48(2)41-14-8-6-12-37(41)38-26-24-36(29-42(38)48)47-50-45(33-10-4-3-5-11-33)49-46(51-47)34-22-20-31(21-23-34)30-16-18-32(19-17-30)35-25-27-44-40(28-35)39-13-7-9-15-43(39)52-44/h3-29H,1-2H3. The highest BCUT2D eigenvalue weighted by atomic mass is 32.1. The van der Waals surface area contributed by atoms with E-state index in [-0.39, 0.29) is 5.41 Å². The minimum atomic E-state index is -0.111. The SMILES string of the molecule is CC1(C)c2ccccc2-c2ccc(-c3nc(-c4ccccc4)nc(-c4ccc(-c5ccc(-c6ccc7sc8ccccc8c7c6)cc5)cc4)n3)cc21. The van der Waals surface area contributed by atoms with Crippen LogP contribution >= 0.6 is 11.3 Å². The van der Waals surface area contributed by atoms with E-state index in [4.69, 9.17) is 15.0 Å². The van der Waals surface area contributed by atoms with Crippen LogP contribution in [0.2, 0.25) is 0 Å². The summed E-state index contributed by atoms with van der Waals surface area (Å²) in [6.45, 7) is 4.60. The summed E-state index contributed by atoms with van der Waals surface area (Å²) in [6, 6.07) is 58.4. The van der Waals surface area contributed by atoms with Crippen LogP contribution in [-0.4, -0.2) is 15.0 Å². The minimum absolute atomic E-state index is 0.111. The highest BCUT2D eigenvalue weighted by molar-refractivity contribution is 7.25. The predicted octanol–water partition coefficient (Wildman–Crippen LogP) is 12.9. The maximum atomic E-state index is 5.08. The van der Waals surface area contributed by atoms with Crippen LogP contribution in [0.5, 0.6) is 0 Å². The zero-order valence-corrected chi connectivity index (χ0v) is 29.7. The highest BCUT2D eigenvalue weighted by Crippen LogP contribution is 2.49. The van der Waals surface area contributed by atoms with E-state index >= 15 is 0 Å². The van der Waals surface area contributed by atoms with Crippen LogP contribution in [0.25, 0.3) is 87.7 Å². The number of rotatable bonds is 5. The summed E-state index contributed by atoms with van der Waals surface area (Å²) in [5.41, 5.74) is 12.8. The number of hydrogen-bond acceptors (Lipinski definition) is 4. The van der Waals surface area contributed by atoms with E-state index in [0.29, 0.717) is 17.5 Å². The highest BCUT2D eigenvalue weighted by Gasteiger charge is 2.35. The quantitative estimate of drug-likeness (QED) is 0.181. The molecule has 1 aliphatic rings. The molecule has 2 heterocycles. The molecule has 10 rings (SSSR count). The fourth-order valence-corrected chi connectivity index (χ4v) is 8.85. The molecule has 9 aromatic rings. The van der Waals surface area contributed by atoms with Crippen molar-refractivity contribution >= 4 is 31.5 Å². The van der Waals surface area contributed by atoms with Gasteiger partial charge in [-0.05, 0) is 68.8 Å². The molecule has 0 aliphatic heterocycles. The lowest BCUT2D eigenvalue weighted by molar-refractivity contribution is 0.660. The molecule has 0 N–H and O–H groups in total. The Kier molecular flexibility index (Phi) is 7.02. The fourth-order valence-electron chi connectivity index (χ4n) is 7.77. The van der Waals surface area contributed by atoms with Crippen molar-refractivity contribution in [1.29, 1.82) is 0 Å². The van der Waals surface area contributed by atoms with Gasteiger partial charge in [0.15, 0.2) is 17.5 Å². The second-order valence-corrected chi connectivity index (χ2v) is 15.2. The molecule has 0 atom stereocenters. The Morgan fingerprint density at radius 2 is 0.865 bits per heavy atom. The summed E-state index contributed by atoms with van der Waals surface area (Å²) in [4.78, 5) is 15.1. The molecular formula is C48H33N3S. The molecule has 0 radical (unpaired) electrons. The van der Waals surface area contributed by atoms with Gasteiger partial charge in [-0.25, -0.2) is 15.0 Å². The van der Waals surface area contributed by atoms with E-state index in [0.717, 1.165) is 22.3 Å². The van der Waals surface area contributed by atoms with Crippen LogP contribution in [0, 0.1) is 0 Å². The number of benzene rings is 7. The second-order valence-electron chi connectivity index (χ2n) is 14.1. The average Bonchev–Trinajstić information content (AvgIpc) is 3.69. The van der Waals surface area contributed by atoms with Crippen molar-refractivity contribution in [2.24, 2.45) is 0 Å². The summed E-state index contributed by atoms with van der Waals surface area (Å²) in [7, 11) is 0. The average molecular weight is 684 g/mol. The molecule has 0 unspecified atom stereocenters. The third-order valence-electron chi connectivity index (χ3n) is 10.6. The monoisotopic (exact) mass is 683 g/mol. The minimum Gasteiger partial charge on any atom is -0.208 e. The van der Waals surface area contributed by atoms with Gasteiger partial charge in [-0.2, -0.15) is 0 Å². The fraction of sp³-hybridized carbons (Fsp3) is 0.0625. The topological polar surface area (TPSA) is 38.7 Å². The van der Waals surface area contributed by atoms with Crippen LogP contribution in [0.1, 0.15) is 25.0 Å². The zero-order chi connectivity index (χ0) is 34.8. The Hall–Kier alpha value is -6.23. The molecule has 0 saturated carbocycles. The molecule has 0 spiro atoms. The molecular weight excluding hydrogens is 651 g/mol. The molecule has 52 heavy (non-hydrogen) atoms. The van der Waals surface area contributed by atoms with Gasteiger partial charge in [-0.1, -0.05) is 153 Å². The number of thiophene rings is 1. The largest absolute Gasteiger partial charge is 0.208 e. The lowest BCUT2D eigenvalue weighted by Crippen LogP contribution is -2.15. The van der Waals surface area contributed by atoms with Crippen molar-refractivity contribution in [3.05, 3.63) is 175 Å². The van der Waals surface area contributed by atoms with Gasteiger partial charge in [0.05, 0.1) is 0 Å². The van der Waals surface area contributed by atoms with Gasteiger partial charge in [0.2, 0.25) is 0 Å². The molecule has 246 valence electrons. The lowest BCUT2D eigenvalue weighted by atomic mass is 9.82. The van der Waals surface area contributed by atoms with Crippen molar-refractivity contribution in [3.63, 3.8) is 0 Å². The summed E-state index contributed by atoms with van der Waals surface area (Å²) in [6.07, 6.45) is 0. The lowest BCUT2D eigenvalue weighted by Gasteiger charge is -2.21. The first-order valence-corrected chi connectivity index (χ1v) is 18.5. The van der Waals surface area contributed by atoms with E-state index in [2.05, 4.69) is 159 Å². The van der Waals surface area contributed by atoms with E-state index in [9.17, 15) is 0 Å². The van der Waals surface area contributed by atoms with Crippen molar-refractivity contribution in [2.45, 2.75) is 19.3 Å². The molecule has 2 aromatic heterocycles. The van der Waals surface area contributed by atoms with Crippen molar-refractivity contribution in [3.8, 4) is 67.5 Å². The number of aromatic nitrogens is 3. The number of hydrogen-bond donors (Lipinski definition) is 0. The van der Waals surface area contributed by atoms with Crippen molar-refractivity contribution in [2.75, 3.05) is 0 Å². The van der Waals surface area contributed by atoms with Crippen LogP contribution in [-0.2, 0) is 5.41 Å². The van der Waals surface area contributed by atoms with Gasteiger partial charge in [0.1, 0.15) is 0 Å². The molecule has 0 bridgehead atoms. The molecule has 0 amide bonds. The van der Waals surface area contributed by atoms with Crippen LogP contribution in [0.4, 0.5) is 0 Å². The van der Waals surface area contributed by atoms with Gasteiger partial charge in [0, 0.05) is 42.3 Å². The first-order valence-electron chi connectivity index (χ1n) is 17.7. The summed E-state index contributed by atoms with van der Waals surface area (Å²) >= 11 is 1.85. The maximum Gasteiger partial charge on any atom is 0.164 e. The molecule has 0 saturated heterocycles. The Labute approximate surface area is 307 Å². The van der Waals surface area contributed by atoms with Gasteiger partial charge in [-0.3, -0.25) is 0 Å². The summed E-state index contributed by atoms with van der Waals surface area (Å²) < 4.78 is 2.65. The Bertz CT molecular complexity index is 2800. The summed E-state index contributed by atoms with van der Waals surface area (Å²) in [5, 5.41) is 2.64.